The molecular weight excluding hydrogens is 317 g/mol. The zero-order valence-corrected chi connectivity index (χ0v) is 9.46. The van der Waals surface area contributed by atoms with Gasteiger partial charge >= 0.3 is 11.7 Å². The van der Waals surface area contributed by atoms with Crippen LogP contribution in [0.4, 0.5) is 5.69 Å². The number of benzene rings is 1. The molecule has 0 unspecified atom stereocenters. The first kappa shape index (κ1) is 11.7. The van der Waals surface area contributed by atoms with Crippen LogP contribution in [0.5, 0.6) is 5.75 Å². The fourth-order valence-electron chi connectivity index (χ4n) is 1.04. The van der Waals surface area contributed by atoms with E-state index < -0.39 is 22.3 Å². The van der Waals surface area contributed by atoms with Gasteiger partial charge in [0.1, 0.15) is 0 Å². The third kappa shape index (κ3) is 2.78. The van der Waals surface area contributed by atoms with Gasteiger partial charge in [-0.1, -0.05) is 0 Å². The first-order valence-corrected chi connectivity index (χ1v) is 4.87. The molecule has 15 heavy (non-hydrogen) atoms. The van der Waals surface area contributed by atoms with Crippen molar-refractivity contribution in [3.63, 3.8) is 0 Å². The minimum Gasteiger partial charge on any atom is -0.502 e. The first-order chi connectivity index (χ1) is 6.91. The number of phenols is 1. The zero-order valence-electron chi connectivity index (χ0n) is 7.31. The summed E-state index contributed by atoms with van der Waals surface area (Å²) in [6, 6.07) is 2.25. The van der Waals surface area contributed by atoms with E-state index >= 15 is 0 Å². The fourth-order valence-corrected chi connectivity index (χ4v) is 1.68. The number of nitro groups is 1. The number of aromatic hydroxyl groups is 1. The highest BCUT2D eigenvalue weighted by molar-refractivity contribution is 14.1. The van der Waals surface area contributed by atoms with Gasteiger partial charge in [-0.05, 0) is 28.2 Å². The lowest BCUT2D eigenvalue weighted by Crippen LogP contribution is -2.03. The average molecular weight is 323 g/mol. The van der Waals surface area contributed by atoms with E-state index in [2.05, 4.69) is 0 Å². The standard InChI is InChI=1S/C8H6INO5/c9-5-3-7(11)6(10(14)15)1-4(5)2-8(12)13/h1,3,11H,2H2,(H,12,13). The lowest BCUT2D eigenvalue weighted by Gasteiger charge is -2.02. The zero-order chi connectivity index (χ0) is 11.6. The van der Waals surface area contributed by atoms with Gasteiger partial charge in [0.05, 0.1) is 11.3 Å². The normalized spacial score (nSPS) is 9.93. The van der Waals surface area contributed by atoms with Crippen molar-refractivity contribution in [1.29, 1.82) is 0 Å². The minimum absolute atomic E-state index is 0.306. The van der Waals surface area contributed by atoms with E-state index in [-0.39, 0.29) is 6.42 Å². The summed E-state index contributed by atoms with van der Waals surface area (Å²) in [6.45, 7) is 0. The monoisotopic (exact) mass is 323 g/mol. The van der Waals surface area contributed by atoms with Crippen LogP contribution in [0.25, 0.3) is 0 Å². The van der Waals surface area contributed by atoms with Crippen LogP contribution in [0.3, 0.4) is 0 Å². The number of carboxylic acid groups (broad SMARTS) is 1. The van der Waals surface area contributed by atoms with Gasteiger partial charge in [0.2, 0.25) is 0 Å². The van der Waals surface area contributed by atoms with Gasteiger partial charge in [-0.3, -0.25) is 14.9 Å². The van der Waals surface area contributed by atoms with Gasteiger partial charge in [-0.25, -0.2) is 0 Å². The van der Waals surface area contributed by atoms with Gasteiger partial charge in [0.25, 0.3) is 0 Å². The molecule has 1 aromatic carbocycles. The van der Waals surface area contributed by atoms with Crippen LogP contribution >= 0.6 is 22.6 Å². The third-order valence-electron chi connectivity index (χ3n) is 1.68. The number of carbonyl (C=O) groups is 1. The van der Waals surface area contributed by atoms with Crippen LogP contribution in [-0.2, 0) is 11.2 Å². The second-order valence-corrected chi connectivity index (χ2v) is 3.92. The maximum Gasteiger partial charge on any atom is 0.311 e. The Balaban J connectivity index is 3.23. The number of phenolic OH excluding ortho intramolecular Hbond substituents is 1. The Labute approximate surface area is 97.8 Å². The van der Waals surface area contributed by atoms with Gasteiger partial charge in [0, 0.05) is 15.7 Å². The summed E-state index contributed by atoms with van der Waals surface area (Å²) in [7, 11) is 0. The quantitative estimate of drug-likeness (QED) is 0.499. The predicted octanol–water partition coefficient (Wildman–Crippen LogP) is 1.53. The van der Waals surface area contributed by atoms with Crippen molar-refractivity contribution in [2.75, 3.05) is 0 Å². The number of carboxylic acids is 1. The number of halogens is 1. The molecule has 0 atom stereocenters. The van der Waals surface area contributed by atoms with Gasteiger partial charge in [-0.2, -0.15) is 0 Å². The van der Waals surface area contributed by atoms with Crippen molar-refractivity contribution in [3.8, 4) is 5.75 Å². The minimum atomic E-state index is -1.08. The molecule has 7 heteroatoms. The number of rotatable bonds is 3. The van der Waals surface area contributed by atoms with E-state index in [9.17, 15) is 20.0 Å². The molecule has 0 saturated heterocycles. The molecule has 6 nitrogen and oxygen atoms in total. The van der Waals surface area contributed by atoms with Crippen molar-refractivity contribution >= 4 is 34.2 Å². The Kier molecular flexibility index (Phi) is 3.45. The summed E-state index contributed by atoms with van der Waals surface area (Å²) in [5.41, 5.74) is -0.167. The number of nitrogens with zero attached hydrogens (tertiary/aromatic N) is 1. The molecule has 0 amide bonds. The van der Waals surface area contributed by atoms with Crippen LogP contribution in [0.1, 0.15) is 5.56 Å². The maximum atomic E-state index is 10.5. The van der Waals surface area contributed by atoms with Crippen LogP contribution in [0.15, 0.2) is 12.1 Å². The lowest BCUT2D eigenvalue weighted by molar-refractivity contribution is -0.385. The van der Waals surface area contributed by atoms with E-state index in [1.165, 1.54) is 6.07 Å². The molecule has 2 N–H and O–H groups in total. The summed E-state index contributed by atoms with van der Waals surface area (Å²) < 4.78 is 0.484. The van der Waals surface area contributed by atoms with Crippen molar-refractivity contribution in [1.82, 2.24) is 0 Å². The number of hydrogen-bond donors (Lipinski definition) is 2. The molecule has 0 radical (unpaired) electrons. The second-order valence-electron chi connectivity index (χ2n) is 2.76. The predicted molar refractivity (Wildman–Crippen MR) is 58.8 cm³/mol. The molecule has 80 valence electrons. The Bertz CT molecular complexity index is 431. The van der Waals surface area contributed by atoms with Crippen molar-refractivity contribution in [2.24, 2.45) is 0 Å². The lowest BCUT2D eigenvalue weighted by atomic mass is 10.1. The molecule has 1 rings (SSSR count). The number of nitro benzene ring substituents is 1. The molecule has 0 aliphatic rings. The number of aliphatic carboxylic acids is 1. The highest BCUT2D eigenvalue weighted by Crippen LogP contribution is 2.30. The molecule has 0 saturated carbocycles. The third-order valence-corrected chi connectivity index (χ3v) is 2.69. The smallest absolute Gasteiger partial charge is 0.311 e. The summed E-state index contributed by atoms with van der Waals surface area (Å²) in [4.78, 5) is 20.2. The highest BCUT2D eigenvalue weighted by Gasteiger charge is 2.17. The van der Waals surface area contributed by atoms with Gasteiger partial charge < -0.3 is 10.2 Å². The van der Waals surface area contributed by atoms with Crippen LogP contribution in [0, 0.1) is 13.7 Å². The Morgan fingerprint density at radius 1 is 1.53 bits per heavy atom. The topological polar surface area (TPSA) is 101 Å². The van der Waals surface area contributed by atoms with Crippen LogP contribution < -0.4 is 0 Å². The Morgan fingerprint density at radius 2 is 2.13 bits per heavy atom. The van der Waals surface area contributed by atoms with E-state index in [4.69, 9.17) is 5.11 Å². The largest absolute Gasteiger partial charge is 0.502 e. The SMILES string of the molecule is O=C(O)Cc1cc([N+](=O)[O-])c(O)cc1I. The first-order valence-electron chi connectivity index (χ1n) is 3.79. The summed E-state index contributed by atoms with van der Waals surface area (Å²) >= 11 is 1.81. The van der Waals surface area contributed by atoms with Crippen LogP contribution in [0.2, 0.25) is 0 Å². The molecule has 0 aliphatic heterocycles. The van der Waals surface area contributed by atoms with Crippen molar-refractivity contribution in [3.05, 3.63) is 31.4 Å². The van der Waals surface area contributed by atoms with E-state index in [1.807, 2.05) is 22.6 Å². The van der Waals surface area contributed by atoms with Gasteiger partial charge in [-0.15, -0.1) is 0 Å². The van der Waals surface area contributed by atoms with Crippen molar-refractivity contribution < 1.29 is 19.9 Å². The van der Waals surface area contributed by atoms with E-state index in [1.54, 1.807) is 0 Å². The number of hydrogen-bond acceptors (Lipinski definition) is 4. The van der Waals surface area contributed by atoms with Gasteiger partial charge in [0.15, 0.2) is 5.75 Å². The summed E-state index contributed by atoms with van der Waals surface area (Å²) in [5, 5.41) is 28.2. The molecular formula is C8H6INO5. The fraction of sp³-hybridized carbons (Fsp3) is 0.125. The van der Waals surface area contributed by atoms with E-state index in [0.717, 1.165) is 6.07 Å². The molecule has 1 aromatic rings. The molecule has 0 bridgehead atoms. The highest BCUT2D eigenvalue weighted by atomic mass is 127. The second kappa shape index (κ2) is 4.43. The molecule has 0 spiro atoms. The maximum absolute atomic E-state index is 10.5. The van der Waals surface area contributed by atoms with Crippen LogP contribution in [-0.4, -0.2) is 21.1 Å². The average Bonchev–Trinajstić information content (AvgIpc) is 2.08. The Morgan fingerprint density at radius 3 is 2.60 bits per heavy atom. The molecule has 0 heterocycles. The van der Waals surface area contributed by atoms with E-state index in [0.29, 0.717) is 9.13 Å². The molecule has 0 aromatic heterocycles. The summed E-state index contributed by atoms with van der Waals surface area (Å²) in [6.07, 6.45) is -0.306. The Hall–Kier alpha value is -1.38. The molecule has 0 fully saturated rings. The molecule has 0 aliphatic carbocycles. The van der Waals surface area contributed by atoms with Crippen molar-refractivity contribution in [2.45, 2.75) is 6.42 Å². The summed E-state index contributed by atoms with van der Waals surface area (Å²) in [5.74, 6) is -1.54.